The van der Waals surface area contributed by atoms with Crippen molar-refractivity contribution in [2.45, 2.75) is 6.42 Å². The van der Waals surface area contributed by atoms with Crippen molar-refractivity contribution in [3.63, 3.8) is 0 Å². The molecule has 1 amide bonds. The van der Waals surface area contributed by atoms with Crippen LogP contribution in [0.5, 0.6) is 5.75 Å². The Hall–Kier alpha value is -3.81. The number of amides is 1. The Kier molecular flexibility index (Phi) is 5.88. The minimum absolute atomic E-state index is 0.0816. The lowest BCUT2D eigenvalue weighted by molar-refractivity contribution is -0.112. The van der Waals surface area contributed by atoms with Gasteiger partial charge in [0.15, 0.2) is 0 Å². The summed E-state index contributed by atoms with van der Waals surface area (Å²) in [6, 6.07) is 19.9. The van der Waals surface area contributed by atoms with Crippen LogP contribution in [0.3, 0.4) is 0 Å². The van der Waals surface area contributed by atoms with Gasteiger partial charge in [-0.25, -0.2) is 0 Å². The molecule has 152 valence electrons. The number of ether oxygens (including phenoxy) is 1. The molecule has 0 radical (unpaired) electrons. The van der Waals surface area contributed by atoms with Crippen molar-refractivity contribution >= 4 is 35.1 Å². The van der Waals surface area contributed by atoms with Gasteiger partial charge in [0.05, 0.1) is 18.4 Å². The summed E-state index contributed by atoms with van der Waals surface area (Å²) in [5.41, 5.74) is 3.50. The molecule has 0 atom stereocenters. The summed E-state index contributed by atoms with van der Waals surface area (Å²) in [5.74, 6) is 6.27. The Labute approximate surface area is 185 Å². The Morgan fingerprint density at radius 3 is 2.45 bits per heavy atom. The van der Waals surface area contributed by atoms with Crippen LogP contribution in [0.25, 0.3) is 6.08 Å². The van der Waals surface area contributed by atoms with Gasteiger partial charge in [0.25, 0.3) is 5.91 Å². The van der Waals surface area contributed by atoms with Gasteiger partial charge in [-0.05, 0) is 59.7 Å². The van der Waals surface area contributed by atoms with E-state index in [0.717, 1.165) is 16.9 Å². The largest absolute Gasteiger partial charge is 0.497 e. The third-order valence-electron chi connectivity index (χ3n) is 4.87. The van der Waals surface area contributed by atoms with E-state index >= 15 is 0 Å². The van der Waals surface area contributed by atoms with E-state index in [0.29, 0.717) is 28.3 Å². The van der Waals surface area contributed by atoms with Gasteiger partial charge >= 0.3 is 0 Å². The molecule has 0 unspecified atom stereocenters. The van der Waals surface area contributed by atoms with Gasteiger partial charge in [-0.1, -0.05) is 47.7 Å². The summed E-state index contributed by atoms with van der Waals surface area (Å²) >= 11 is 5.91. The van der Waals surface area contributed by atoms with E-state index in [4.69, 9.17) is 16.3 Å². The third-order valence-corrected chi connectivity index (χ3v) is 5.12. The molecule has 0 bridgehead atoms. The fourth-order valence-corrected chi connectivity index (χ4v) is 3.33. The van der Waals surface area contributed by atoms with E-state index in [2.05, 4.69) is 17.2 Å². The molecule has 0 fully saturated rings. The first-order chi connectivity index (χ1) is 15.0. The zero-order chi connectivity index (χ0) is 21.8. The van der Waals surface area contributed by atoms with Gasteiger partial charge in [0.1, 0.15) is 5.75 Å². The van der Waals surface area contributed by atoms with Gasteiger partial charge in [0.2, 0.25) is 5.78 Å². The average Bonchev–Trinajstić information content (AvgIpc) is 2.79. The van der Waals surface area contributed by atoms with Crippen LogP contribution in [0.15, 0.2) is 72.3 Å². The van der Waals surface area contributed by atoms with Crippen LogP contribution in [0.1, 0.15) is 27.0 Å². The van der Waals surface area contributed by atoms with Gasteiger partial charge < -0.3 is 10.1 Å². The molecule has 4 nitrogen and oxygen atoms in total. The van der Waals surface area contributed by atoms with Gasteiger partial charge in [-0.2, -0.15) is 0 Å². The molecule has 0 aromatic heterocycles. The minimum atomic E-state index is -0.425. The van der Waals surface area contributed by atoms with Gasteiger partial charge in [-0.15, -0.1) is 0 Å². The highest BCUT2D eigenvalue weighted by atomic mass is 35.5. The Morgan fingerprint density at radius 1 is 1.00 bits per heavy atom. The van der Waals surface area contributed by atoms with Gasteiger partial charge in [0, 0.05) is 22.6 Å². The number of anilines is 1. The number of fused-ring (bicyclic) bond motifs is 1. The van der Waals surface area contributed by atoms with Crippen molar-refractivity contribution in [2.75, 3.05) is 12.4 Å². The Morgan fingerprint density at radius 2 is 1.74 bits per heavy atom. The first-order valence-corrected chi connectivity index (χ1v) is 10.0. The molecule has 31 heavy (non-hydrogen) atoms. The number of hydrogen-bond acceptors (Lipinski definition) is 3. The lowest BCUT2D eigenvalue weighted by Crippen LogP contribution is -2.27. The zero-order valence-corrected chi connectivity index (χ0v) is 17.5. The molecule has 4 rings (SSSR count). The first-order valence-electron chi connectivity index (χ1n) is 9.62. The van der Waals surface area contributed by atoms with Crippen molar-refractivity contribution in [1.29, 1.82) is 0 Å². The quantitative estimate of drug-likeness (QED) is 0.357. The second-order valence-corrected chi connectivity index (χ2v) is 7.42. The first kappa shape index (κ1) is 20.5. The standard InChI is InChI=1S/C26H18ClNO3/c1-31-21-12-7-17(8-13-21)3-2-4-18-9-14-24-22(15-18)25(29)23(26(30)28-24)16-19-5-10-20(27)11-6-19/h5-16H,3H2,1H3,(H,28,30). The molecular formula is C26H18ClNO3. The molecule has 1 heterocycles. The number of methoxy groups -OCH3 is 1. The average molecular weight is 428 g/mol. The molecule has 1 aliphatic rings. The van der Waals surface area contributed by atoms with Crippen molar-refractivity contribution < 1.29 is 14.3 Å². The number of ketones is 1. The molecule has 0 aliphatic carbocycles. The highest BCUT2D eigenvalue weighted by Crippen LogP contribution is 2.27. The maximum absolute atomic E-state index is 13.0. The van der Waals surface area contributed by atoms with Crippen LogP contribution in [0.4, 0.5) is 5.69 Å². The molecule has 3 aromatic rings. The van der Waals surface area contributed by atoms with Crippen molar-refractivity contribution in [3.8, 4) is 17.6 Å². The van der Waals surface area contributed by atoms with Crippen LogP contribution >= 0.6 is 11.6 Å². The summed E-state index contributed by atoms with van der Waals surface area (Å²) < 4.78 is 5.16. The third kappa shape index (κ3) is 4.69. The van der Waals surface area contributed by atoms with Crippen LogP contribution in [-0.2, 0) is 11.2 Å². The number of Topliss-reactive ketones (excluding diaryl/α,β-unsaturated/α-hetero) is 1. The van der Waals surface area contributed by atoms with E-state index < -0.39 is 5.91 Å². The maximum atomic E-state index is 13.0. The highest BCUT2D eigenvalue weighted by Gasteiger charge is 2.28. The van der Waals surface area contributed by atoms with Crippen molar-refractivity contribution in [1.82, 2.24) is 0 Å². The molecule has 0 saturated heterocycles. The molecule has 3 aromatic carbocycles. The molecule has 1 aliphatic heterocycles. The monoisotopic (exact) mass is 427 g/mol. The number of carbonyl (C=O) groups excluding carboxylic acids is 2. The van der Waals surface area contributed by atoms with E-state index in [1.807, 2.05) is 24.3 Å². The van der Waals surface area contributed by atoms with E-state index in [9.17, 15) is 9.59 Å². The second kappa shape index (κ2) is 8.91. The zero-order valence-electron chi connectivity index (χ0n) is 16.7. The molecule has 1 N–H and O–H groups in total. The molecular weight excluding hydrogens is 410 g/mol. The molecule has 5 heteroatoms. The fourth-order valence-electron chi connectivity index (χ4n) is 3.21. The lowest BCUT2D eigenvalue weighted by Gasteiger charge is -2.18. The summed E-state index contributed by atoms with van der Waals surface area (Å²) in [6.07, 6.45) is 2.15. The predicted octanol–water partition coefficient (Wildman–Crippen LogP) is 5.16. The lowest BCUT2D eigenvalue weighted by atomic mass is 9.94. The number of rotatable bonds is 3. The number of benzene rings is 3. The van der Waals surface area contributed by atoms with Crippen LogP contribution < -0.4 is 10.1 Å². The minimum Gasteiger partial charge on any atom is -0.497 e. The van der Waals surface area contributed by atoms with E-state index in [-0.39, 0.29) is 11.4 Å². The summed E-state index contributed by atoms with van der Waals surface area (Å²) in [6.45, 7) is 0. The van der Waals surface area contributed by atoms with Crippen LogP contribution in [-0.4, -0.2) is 18.8 Å². The predicted molar refractivity (Wildman–Crippen MR) is 122 cm³/mol. The van der Waals surface area contributed by atoms with Crippen molar-refractivity contribution in [2.24, 2.45) is 0 Å². The fraction of sp³-hybridized carbons (Fsp3) is 0.0769. The summed E-state index contributed by atoms with van der Waals surface area (Å²) in [7, 11) is 1.63. The van der Waals surface area contributed by atoms with Gasteiger partial charge in [-0.3, -0.25) is 9.59 Å². The smallest absolute Gasteiger partial charge is 0.259 e. The SMILES string of the molecule is COc1ccc(CC#Cc2ccc3c(c2)C(=O)C(=Cc2ccc(Cl)cc2)C(=O)N3)cc1. The Balaban J connectivity index is 1.57. The van der Waals surface area contributed by atoms with Crippen molar-refractivity contribution in [3.05, 3.63) is 99.6 Å². The number of halogens is 1. The summed E-state index contributed by atoms with van der Waals surface area (Å²) in [5, 5.41) is 3.37. The number of hydrogen-bond donors (Lipinski definition) is 1. The number of carbonyl (C=O) groups is 2. The topological polar surface area (TPSA) is 55.4 Å². The van der Waals surface area contributed by atoms with Crippen LogP contribution in [0, 0.1) is 11.8 Å². The summed E-state index contributed by atoms with van der Waals surface area (Å²) in [4.78, 5) is 25.4. The highest BCUT2D eigenvalue weighted by molar-refractivity contribution is 6.36. The Bertz CT molecular complexity index is 1250. The second-order valence-electron chi connectivity index (χ2n) is 6.98. The normalized spacial score (nSPS) is 13.8. The van der Waals surface area contributed by atoms with Crippen LogP contribution in [0.2, 0.25) is 5.02 Å². The van der Waals surface area contributed by atoms with E-state index in [1.54, 1.807) is 55.7 Å². The van der Waals surface area contributed by atoms with E-state index in [1.165, 1.54) is 0 Å². The number of nitrogens with one attached hydrogen (secondary N) is 1. The molecule has 0 saturated carbocycles. The molecule has 0 spiro atoms. The maximum Gasteiger partial charge on any atom is 0.259 e.